The number of carbonyl (C=O) groups is 1. The topological polar surface area (TPSA) is 50.6 Å². The Morgan fingerprint density at radius 2 is 2.00 bits per heavy atom. The van der Waals surface area contributed by atoms with Crippen molar-refractivity contribution >= 4 is 22.9 Å². The number of nitrogens with zero attached hydrogens (tertiary/aromatic N) is 4. The van der Waals surface area contributed by atoms with Gasteiger partial charge in [-0.1, -0.05) is 26.0 Å². The number of amides is 1. The van der Waals surface area contributed by atoms with E-state index in [9.17, 15) is 4.79 Å². The van der Waals surface area contributed by atoms with Gasteiger partial charge in [-0.3, -0.25) is 14.4 Å². The third-order valence-electron chi connectivity index (χ3n) is 7.43. The van der Waals surface area contributed by atoms with Crippen molar-refractivity contribution in [1.82, 2.24) is 14.7 Å². The maximum Gasteiger partial charge on any atom is 0.234 e. The van der Waals surface area contributed by atoms with Gasteiger partial charge in [-0.15, -0.1) is 11.3 Å². The summed E-state index contributed by atoms with van der Waals surface area (Å²) in [5, 5.41) is 4.45. The van der Waals surface area contributed by atoms with Gasteiger partial charge in [0, 0.05) is 53.4 Å². The van der Waals surface area contributed by atoms with Gasteiger partial charge in [0.15, 0.2) is 0 Å². The predicted octanol–water partition coefficient (Wildman–Crippen LogP) is 5.57. The molecule has 0 radical (unpaired) electrons. The van der Waals surface area contributed by atoms with Crippen molar-refractivity contribution in [3.8, 4) is 0 Å². The van der Waals surface area contributed by atoms with E-state index in [1.165, 1.54) is 20.9 Å². The van der Waals surface area contributed by atoms with Crippen LogP contribution in [0.25, 0.3) is 0 Å². The molecule has 2 aromatic heterocycles. The third-order valence-corrected chi connectivity index (χ3v) is 8.63. The van der Waals surface area contributed by atoms with Gasteiger partial charge in [0.2, 0.25) is 5.91 Å². The van der Waals surface area contributed by atoms with Gasteiger partial charge in [0.1, 0.15) is 0 Å². The monoisotopic (exact) mass is 506 g/mol. The van der Waals surface area contributed by atoms with Crippen LogP contribution < -0.4 is 4.90 Å². The van der Waals surface area contributed by atoms with Crippen LogP contribution in [0, 0.1) is 0 Å². The molecule has 0 bridgehead atoms. The number of anilines is 1. The second kappa shape index (κ2) is 11.3. The first-order chi connectivity index (χ1) is 17.5. The van der Waals surface area contributed by atoms with Crippen LogP contribution in [-0.2, 0) is 35.6 Å². The summed E-state index contributed by atoms with van der Waals surface area (Å²) < 4.78 is 7.44. The summed E-state index contributed by atoms with van der Waals surface area (Å²) in [6.45, 7) is 12.4. The average molecular weight is 507 g/mol. The summed E-state index contributed by atoms with van der Waals surface area (Å²) in [5.41, 5.74) is 4.57. The summed E-state index contributed by atoms with van der Waals surface area (Å²) in [6.07, 6.45) is 7.01. The Balaban J connectivity index is 1.42. The first kappa shape index (κ1) is 25.2. The van der Waals surface area contributed by atoms with Gasteiger partial charge >= 0.3 is 0 Å². The molecule has 0 saturated carbocycles. The number of morpholine rings is 1. The van der Waals surface area contributed by atoms with E-state index in [1.54, 1.807) is 0 Å². The Kier molecular flexibility index (Phi) is 7.89. The van der Waals surface area contributed by atoms with Gasteiger partial charge in [-0.2, -0.15) is 5.10 Å². The Labute approximate surface area is 218 Å². The zero-order chi connectivity index (χ0) is 25.1. The van der Waals surface area contributed by atoms with Gasteiger partial charge in [-0.05, 0) is 61.4 Å². The van der Waals surface area contributed by atoms with Crippen LogP contribution in [0.15, 0.2) is 42.7 Å². The van der Waals surface area contributed by atoms with Gasteiger partial charge in [0.25, 0.3) is 0 Å². The van der Waals surface area contributed by atoms with Crippen LogP contribution in [-0.4, -0.2) is 46.9 Å². The number of benzene rings is 1. The maximum absolute atomic E-state index is 14.2. The molecule has 1 amide bonds. The Morgan fingerprint density at radius 1 is 1.22 bits per heavy atom. The quantitative estimate of drug-likeness (QED) is 0.401. The summed E-state index contributed by atoms with van der Waals surface area (Å²) in [6, 6.07) is 10.9. The molecule has 1 aromatic carbocycles. The summed E-state index contributed by atoms with van der Waals surface area (Å²) in [5.74, 6) is 0.574. The number of thiophene rings is 1. The molecule has 3 aromatic rings. The lowest BCUT2D eigenvalue weighted by Crippen LogP contribution is -2.36. The zero-order valence-corrected chi connectivity index (χ0v) is 22.6. The molecule has 1 fully saturated rings. The van der Waals surface area contributed by atoms with Crippen LogP contribution >= 0.6 is 11.3 Å². The van der Waals surface area contributed by atoms with Crippen molar-refractivity contribution in [3.63, 3.8) is 0 Å². The van der Waals surface area contributed by atoms with E-state index in [-0.39, 0.29) is 11.8 Å². The molecule has 36 heavy (non-hydrogen) atoms. The largest absolute Gasteiger partial charge is 0.379 e. The second-order valence-corrected chi connectivity index (χ2v) is 11.5. The molecule has 1 saturated heterocycles. The lowest BCUT2D eigenvalue weighted by atomic mass is 9.86. The molecule has 6 nitrogen and oxygen atoms in total. The van der Waals surface area contributed by atoms with E-state index in [0.29, 0.717) is 12.5 Å². The molecule has 1 aliphatic carbocycles. The first-order valence-corrected chi connectivity index (χ1v) is 14.2. The Bertz CT molecular complexity index is 1160. The molecule has 2 aliphatic rings. The van der Waals surface area contributed by atoms with E-state index in [0.717, 1.165) is 69.9 Å². The minimum Gasteiger partial charge on any atom is -0.379 e. The molecule has 1 unspecified atom stereocenters. The van der Waals surface area contributed by atoms with E-state index >= 15 is 0 Å². The van der Waals surface area contributed by atoms with Crippen molar-refractivity contribution in [2.24, 2.45) is 0 Å². The van der Waals surface area contributed by atoms with Crippen LogP contribution in [0.1, 0.15) is 71.9 Å². The molecule has 3 heterocycles. The van der Waals surface area contributed by atoms with E-state index in [1.807, 2.05) is 27.1 Å². The molecule has 0 N–H and O–H groups in total. The van der Waals surface area contributed by atoms with Crippen molar-refractivity contribution in [3.05, 3.63) is 69.2 Å². The highest BCUT2D eigenvalue weighted by Gasteiger charge is 2.33. The highest BCUT2D eigenvalue weighted by molar-refractivity contribution is 7.12. The summed E-state index contributed by atoms with van der Waals surface area (Å²) >= 11 is 1.91. The number of hydrogen-bond donors (Lipinski definition) is 0. The number of ether oxygens (including phenoxy) is 1. The summed E-state index contributed by atoms with van der Waals surface area (Å²) in [4.78, 5) is 21.5. The fourth-order valence-corrected chi connectivity index (χ4v) is 6.61. The SMILES string of the molecule is CCn1cc(CN(C(=O)C2CCCc3sc(CN4CCOCC4)cc32)c2ccc(C(C)C)cc2)cn1. The van der Waals surface area contributed by atoms with Crippen molar-refractivity contribution in [1.29, 1.82) is 0 Å². The smallest absolute Gasteiger partial charge is 0.234 e. The fourth-order valence-electron chi connectivity index (χ4n) is 5.29. The number of aromatic nitrogens is 2. The zero-order valence-electron chi connectivity index (χ0n) is 21.8. The maximum atomic E-state index is 14.2. The van der Waals surface area contributed by atoms with Crippen LogP contribution in [0.5, 0.6) is 0 Å². The highest BCUT2D eigenvalue weighted by atomic mass is 32.1. The van der Waals surface area contributed by atoms with Crippen LogP contribution in [0.2, 0.25) is 0 Å². The minimum atomic E-state index is -0.0885. The predicted molar refractivity (Wildman–Crippen MR) is 146 cm³/mol. The standard InChI is InChI=1S/C29H38N4O2S/c1-4-32-18-22(17-30-32)19-33(24-10-8-23(9-11-24)21(2)3)29(34)26-6-5-7-28-27(26)16-25(36-28)20-31-12-14-35-15-13-31/h8-11,16-18,21,26H,4-7,12-15,19-20H2,1-3H3. The molecule has 192 valence electrons. The molecule has 5 rings (SSSR count). The van der Waals surface area contributed by atoms with Crippen molar-refractivity contribution < 1.29 is 9.53 Å². The third kappa shape index (κ3) is 5.58. The molecule has 1 aliphatic heterocycles. The Hall–Kier alpha value is -2.48. The van der Waals surface area contributed by atoms with Crippen molar-refractivity contribution in [2.75, 3.05) is 31.2 Å². The second-order valence-electron chi connectivity index (χ2n) is 10.3. The molecular weight excluding hydrogens is 468 g/mol. The molecular formula is C29H38N4O2S. The van der Waals surface area contributed by atoms with Gasteiger partial charge in [0.05, 0.1) is 31.9 Å². The van der Waals surface area contributed by atoms with Gasteiger partial charge < -0.3 is 9.64 Å². The number of aryl methyl sites for hydroxylation is 2. The number of hydrogen-bond acceptors (Lipinski definition) is 5. The van der Waals surface area contributed by atoms with E-state index in [4.69, 9.17) is 4.74 Å². The number of fused-ring (bicyclic) bond motifs is 1. The lowest BCUT2D eigenvalue weighted by molar-refractivity contribution is -0.120. The Morgan fingerprint density at radius 3 is 2.69 bits per heavy atom. The number of carbonyl (C=O) groups excluding carboxylic acids is 1. The molecule has 1 atom stereocenters. The average Bonchev–Trinajstić information content (AvgIpc) is 3.53. The van der Waals surface area contributed by atoms with Crippen LogP contribution in [0.4, 0.5) is 5.69 Å². The lowest BCUT2D eigenvalue weighted by Gasteiger charge is -2.30. The highest BCUT2D eigenvalue weighted by Crippen LogP contribution is 2.40. The van der Waals surface area contributed by atoms with Gasteiger partial charge in [-0.25, -0.2) is 0 Å². The minimum absolute atomic E-state index is 0.0885. The van der Waals surface area contributed by atoms with Crippen LogP contribution in [0.3, 0.4) is 0 Å². The summed E-state index contributed by atoms with van der Waals surface area (Å²) in [7, 11) is 0. The first-order valence-electron chi connectivity index (χ1n) is 13.4. The molecule has 0 spiro atoms. The fraction of sp³-hybridized carbons (Fsp3) is 0.517. The van der Waals surface area contributed by atoms with E-state index < -0.39 is 0 Å². The van der Waals surface area contributed by atoms with Crippen molar-refractivity contribution in [2.45, 2.75) is 71.5 Å². The van der Waals surface area contributed by atoms with E-state index in [2.05, 4.69) is 67.3 Å². The molecule has 7 heteroatoms. The normalized spacial score (nSPS) is 18.4. The number of rotatable bonds is 8.